The smallest absolute Gasteiger partial charge is 0.325 e. The summed E-state index contributed by atoms with van der Waals surface area (Å²) in [5.74, 6) is -0.174. The van der Waals surface area contributed by atoms with E-state index >= 15 is 0 Å². The van der Waals surface area contributed by atoms with Gasteiger partial charge in [0, 0.05) is 37.6 Å². The van der Waals surface area contributed by atoms with E-state index in [-0.39, 0.29) is 25.2 Å². The summed E-state index contributed by atoms with van der Waals surface area (Å²) in [6.07, 6.45) is 2.30. The SMILES string of the molecule is C=C1NC(=O)N(CCC(CO)CO)C=C1C. The van der Waals surface area contributed by atoms with Crippen LogP contribution in [0, 0.1) is 5.92 Å². The Bertz CT molecular complexity index is 308. The average Bonchev–Trinajstić information content (AvgIpc) is 2.26. The molecule has 1 aliphatic heterocycles. The number of allylic oxidation sites excluding steroid dienone is 1. The molecule has 0 aliphatic carbocycles. The molecule has 0 aromatic heterocycles. The maximum Gasteiger partial charge on any atom is 0.325 e. The number of urea groups is 1. The third-order valence-corrected chi connectivity index (χ3v) is 2.64. The Morgan fingerprint density at radius 3 is 2.69 bits per heavy atom. The second kappa shape index (κ2) is 5.67. The Labute approximate surface area is 95.1 Å². The van der Waals surface area contributed by atoms with Crippen molar-refractivity contribution in [1.82, 2.24) is 10.2 Å². The Morgan fingerprint density at radius 1 is 1.50 bits per heavy atom. The fraction of sp³-hybridized carbons (Fsp3) is 0.545. The fourth-order valence-electron chi connectivity index (χ4n) is 1.40. The minimum Gasteiger partial charge on any atom is -0.396 e. The largest absolute Gasteiger partial charge is 0.396 e. The molecule has 0 saturated heterocycles. The van der Waals surface area contributed by atoms with Crippen LogP contribution in [0.2, 0.25) is 0 Å². The summed E-state index contributed by atoms with van der Waals surface area (Å²) < 4.78 is 0. The average molecular weight is 226 g/mol. The maximum absolute atomic E-state index is 11.5. The van der Waals surface area contributed by atoms with Crippen LogP contribution < -0.4 is 5.32 Å². The van der Waals surface area contributed by atoms with Crippen molar-refractivity contribution in [2.75, 3.05) is 19.8 Å². The van der Waals surface area contributed by atoms with Crippen molar-refractivity contribution in [3.8, 4) is 0 Å². The van der Waals surface area contributed by atoms with Gasteiger partial charge in [-0.2, -0.15) is 0 Å². The van der Waals surface area contributed by atoms with Crippen LogP contribution in [-0.2, 0) is 0 Å². The number of carbonyl (C=O) groups is 1. The van der Waals surface area contributed by atoms with E-state index in [0.717, 1.165) is 5.57 Å². The van der Waals surface area contributed by atoms with E-state index in [1.807, 2.05) is 6.92 Å². The van der Waals surface area contributed by atoms with Gasteiger partial charge in [0.15, 0.2) is 0 Å². The monoisotopic (exact) mass is 226 g/mol. The number of hydrogen-bond acceptors (Lipinski definition) is 3. The lowest BCUT2D eigenvalue weighted by Crippen LogP contribution is -2.41. The molecule has 5 nitrogen and oxygen atoms in total. The van der Waals surface area contributed by atoms with Gasteiger partial charge in [-0.1, -0.05) is 6.58 Å². The number of amides is 2. The van der Waals surface area contributed by atoms with E-state index in [2.05, 4.69) is 11.9 Å². The standard InChI is InChI=1S/C11H18N2O3/c1-8-5-13(11(16)12-9(8)2)4-3-10(6-14)7-15/h5,10,14-15H,2-4,6-7H2,1H3,(H,12,16). The van der Waals surface area contributed by atoms with Gasteiger partial charge in [-0.05, 0) is 18.9 Å². The molecular weight excluding hydrogens is 208 g/mol. The van der Waals surface area contributed by atoms with E-state index in [9.17, 15) is 4.79 Å². The molecule has 0 spiro atoms. The van der Waals surface area contributed by atoms with E-state index in [0.29, 0.717) is 18.7 Å². The van der Waals surface area contributed by atoms with Gasteiger partial charge in [-0.15, -0.1) is 0 Å². The third-order valence-electron chi connectivity index (χ3n) is 2.64. The molecule has 1 heterocycles. The number of aliphatic hydroxyl groups excluding tert-OH is 2. The molecule has 1 rings (SSSR count). The van der Waals surface area contributed by atoms with Crippen molar-refractivity contribution in [3.05, 3.63) is 24.0 Å². The first-order chi connectivity index (χ1) is 7.58. The minimum atomic E-state index is -0.217. The molecular formula is C11H18N2O3. The number of aliphatic hydroxyl groups is 2. The van der Waals surface area contributed by atoms with Crippen LogP contribution in [0.15, 0.2) is 24.0 Å². The van der Waals surface area contributed by atoms with Crippen molar-refractivity contribution in [2.24, 2.45) is 5.92 Å². The van der Waals surface area contributed by atoms with Gasteiger partial charge in [-0.3, -0.25) is 0 Å². The Kier molecular flexibility index (Phi) is 4.52. The van der Waals surface area contributed by atoms with Crippen LogP contribution in [0.25, 0.3) is 0 Å². The molecule has 1 aliphatic rings. The highest BCUT2D eigenvalue weighted by atomic mass is 16.3. The molecule has 16 heavy (non-hydrogen) atoms. The Hall–Kier alpha value is -1.33. The van der Waals surface area contributed by atoms with Gasteiger partial charge in [0.25, 0.3) is 0 Å². The van der Waals surface area contributed by atoms with Gasteiger partial charge in [-0.25, -0.2) is 4.79 Å². The van der Waals surface area contributed by atoms with Crippen molar-refractivity contribution >= 4 is 6.03 Å². The summed E-state index contributed by atoms with van der Waals surface area (Å²) in [5.41, 5.74) is 1.52. The first-order valence-electron chi connectivity index (χ1n) is 5.25. The first kappa shape index (κ1) is 12.7. The lowest BCUT2D eigenvalue weighted by molar-refractivity contribution is 0.136. The lowest BCUT2D eigenvalue weighted by Gasteiger charge is -2.27. The van der Waals surface area contributed by atoms with Gasteiger partial charge in [0.2, 0.25) is 0 Å². The molecule has 0 atom stereocenters. The summed E-state index contributed by atoms with van der Waals surface area (Å²) >= 11 is 0. The molecule has 0 radical (unpaired) electrons. The Morgan fingerprint density at radius 2 is 2.12 bits per heavy atom. The van der Waals surface area contributed by atoms with E-state index in [1.54, 1.807) is 6.20 Å². The summed E-state index contributed by atoms with van der Waals surface area (Å²) in [4.78, 5) is 13.1. The second-order valence-corrected chi connectivity index (χ2v) is 3.93. The zero-order valence-electron chi connectivity index (χ0n) is 9.44. The van der Waals surface area contributed by atoms with Gasteiger partial charge in [0.05, 0.1) is 0 Å². The summed E-state index contributed by atoms with van der Waals surface area (Å²) in [6, 6.07) is -0.217. The predicted octanol–water partition coefficient (Wildman–Crippen LogP) is 0.420. The van der Waals surface area contributed by atoms with Crippen LogP contribution in [0.4, 0.5) is 4.79 Å². The molecule has 90 valence electrons. The van der Waals surface area contributed by atoms with Crippen molar-refractivity contribution in [3.63, 3.8) is 0 Å². The number of hydrogen-bond donors (Lipinski definition) is 3. The van der Waals surface area contributed by atoms with Crippen LogP contribution in [0.1, 0.15) is 13.3 Å². The van der Waals surface area contributed by atoms with Crippen molar-refractivity contribution in [2.45, 2.75) is 13.3 Å². The first-order valence-corrected chi connectivity index (χ1v) is 5.25. The lowest BCUT2D eigenvalue weighted by atomic mass is 10.1. The highest BCUT2D eigenvalue weighted by Gasteiger charge is 2.19. The van der Waals surface area contributed by atoms with Crippen LogP contribution in [-0.4, -0.2) is 40.9 Å². The van der Waals surface area contributed by atoms with Crippen molar-refractivity contribution in [1.29, 1.82) is 0 Å². The normalized spacial score (nSPS) is 16.5. The number of nitrogens with one attached hydrogen (secondary N) is 1. The maximum atomic E-state index is 11.5. The third kappa shape index (κ3) is 3.08. The molecule has 2 amide bonds. The van der Waals surface area contributed by atoms with Crippen LogP contribution in [0.5, 0.6) is 0 Å². The minimum absolute atomic E-state index is 0.0681. The molecule has 0 aromatic rings. The number of rotatable bonds is 5. The van der Waals surface area contributed by atoms with Gasteiger partial charge in [0.1, 0.15) is 0 Å². The zero-order chi connectivity index (χ0) is 12.1. The molecule has 0 bridgehead atoms. The Balaban J connectivity index is 2.54. The summed E-state index contributed by atoms with van der Waals surface area (Å²) in [7, 11) is 0. The fourth-order valence-corrected chi connectivity index (χ4v) is 1.40. The predicted molar refractivity (Wildman–Crippen MR) is 60.4 cm³/mol. The molecule has 0 fully saturated rings. The van der Waals surface area contributed by atoms with E-state index in [4.69, 9.17) is 10.2 Å². The highest BCUT2D eigenvalue weighted by molar-refractivity contribution is 5.80. The van der Waals surface area contributed by atoms with Crippen molar-refractivity contribution < 1.29 is 15.0 Å². The highest BCUT2D eigenvalue weighted by Crippen LogP contribution is 2.13. The van der Waals surface area contributed by atoms with E-state index < -0.39 is 0 Å². The van der Waals surface area contributed by atoms with Crippen LogP contribution in [0.3, 0.4) is 0 Å². The zero-order valence-corrected chi connectivity index (χ0v) is 9.44. The van der Waals surface area contributed by atoms with Crippen LogP contribution >= 0.6 is 0 Å². The molecule has 0 unspecified atom stereocenters. The van der Waals surface area contributed by atoms with E-state index in [1.165, 1.54) is 4.90 Å². The van der Waals surface area contributed by atoms with Gasteiger partial charge < -0.3 is 20.4 Å². The quantitative estimate of drug-likeness (QED) is 0.636. The van der Waals surface area contributed by atoms with Gasteiger partial charge >= 0.3 is 6.03 Å². The molecule has 5 heteroatoms. The summed E-state index contributed by atoms with van der Waals surface area (Å²) in [6.45, 7) is 5.90. The molecule has 3 N–H and O–H groups in total. The topological polar surface area (TPSA) is 72.8 Å². The number of nitrogens with zero attached hydrogens (tertiary/aromatic N) is 1. The summed E-state index contributed by atoms with van der Waals surface area (Å²) in [5, 5.41) is 20.5. The second-order valence-electron chi connectivity index (χ2n) is 3.93. The molecule has 0 aromatic carbocycles. The molecule has 0 saturated carbocycles. The number of carbonyl (C=O) groups excluding carboxylic acids is 1.